The van der Waals surface area contributed by atoms with Crippen molar-refractivity contribution in [3.63, 3.8) is 0 Å². The van der Waals surface area contributed by atoms with Gasteiger partial charge in [-0.25, -0.2) is 28.0 Å². The number of esters is 1. The molecule has 18 heteroatoms. The second-order valence-corrected chi connectivity index (χ2v) is 18.7. The Bertz CT molecular complexity index is 1770. The maximum Gasteiger partial charge on any atom is 0.413 e. The van der Waals surface area contributed by atoms with Crippen LogP contribution < -0.4 is 10.6 Å². The minimum Gasteiger partial charge on any atom is -0.461 e. The van der Waals surface area contributed by atoms with Crippen molar-refractivity contribution in [3.8, 4) is 0 Å². The average Bonchev–Trinajstić information content (AvgIpc) is 3.83. The predicted octanol–water partition coefficient (Wildman–Crippen LogP) is 8.92. The van der Waals surface area contributed by atoms with E-state index in [-0.39, 0.29) is 49.9 Å². The third-order valence-corrected chi connectivity index (χ3v) is 12.2. The first kappa shape index (κ1) is 45.9. The van der Waals surface area contributed by atoms with Crippen LogP contribution in [0.2, 0.25) is 0 Å². The van der Waals surface area contributed by atoms with Gasteiger partial charge in [0.05, 0.1) is 42.5 Å². The highest BCUT2D eigenvalue weighted by Crippen LogP contribution is 2.51. The van der Waals surface area contributed by atoms with Gasteiger partial charge >= 0.3 is 19.7 Å². The largest absolute Gasteiger partial charge is 0.461 e. The summed E-state index contributed by atoms with van der Waals surface area (Å²) in [7, 11) is -6.59. The average molecular weight is 817 g/mol. The van der Waals surface area contributed by atoms with Gasteiger partial charge in [0, 0.05) is 17.0 Å². The van der Waals surface area contributed by atoms with Crippen LogP contribution in [-0.2, 0) is 43.9 Å². The van der Waals surface area contributed by atoms with Crippen molar-refractivity contribution in [2.45, 2.75) is 104 Å². The molecule has 0 unspecified atom stereocenters. The van der Waals surface area contributed by atoms with E-state index in [2.05, 4.69) is 20.6 Å². The van der Waals surface area contributed by atoms with E-state index in [4.69, 9.17) is 18.5 Å². The maximum atomic E-state index is 13.3. The van der Waals surface area contributed by atoms with Gasteiger partial charge in [-0.3, -0.25) is 14.7 Å². The maximum absolute atomic E-state index is 13.3. The van der Waals surface area contributed by atoms with Crippen molar-refractivity contribution in [1.82, 2.24) is 9.97 Å². The monoisotopic (exact) mass is 816 g/mol. The molecule has 1 aliphatic carbocycles. The zero-order valence-electron chi connectivity index (χ0n) is 30.6. The van der Waals surface area contributed by atoms with Crippen molar-refractivity contribution in [1.29, 1.82) is 0 Å². The molecule has 0 bridgehead atoms. The predicted molar refractivity (Wildman–Crippen MR) is 209 cm³/mol. The number of benzene rings is 1. The van der Waals surface area contributed by atoms with Crippen LogP contribution in [0, 0.1) is 5.92 Å². The number of hydrogen-bond donors (Lipinski definition) is 2. The molecule has 14 nitrogen and oxygen atoms in total. The lowest BCUT2D eigenvalue weighted by Gasteiger charge is -2.20. The fourth-order valence-electron chi connectivity index (χ4n) is 5.29. The molecule has 2 aromatic heterocycles. The normalized spacial score (nSPS) is 13.9. The lowest BCUT2D eigenvalue weighted by atomic mass is 9.87. The van der Waals surface area contributed by atoms with Gasteiger partial charge in [0.2, 0.25) is 5.91 Å². The van der Waals surface area contributed by atoms with Crippen molar-refractivity contribution in [2.75, 3.05) is 36.7 Å². The van der Waals surface area contributed by atoms with Gasteiger partial charge in [-0.15, -0.1) is 22.7 Å². The van der Waals surface area contributed by atoms with Crippen LogP contribution in [0.4, 0.5) is 15.1 Å². The number of thiazole rings is 2. The Hall–Kier alpha value is -3.21. The first-order valence-corrected chi connectivity index (χ1v) is 22.4. The van der Waals surface area contributed by atoms with Crippen LogP contribution in [0.3, 0.4) is 0 Å². The molecule has 2 amide bonds. The van der Waals surface area contributed by atoms with Gasteiger partial charge in [-0.2, -0.15) is 0 Å². The van der Waals surface area contributed by atoms with Crippen molar-refractivity contribution in [3.05, 3.63) is 52.0 Å². The van der Waals surface area contributed by atoms with Gasteiger partial charge in [0.1, 0.15) is 5.60 Å². The van der Waals surface area contributed by atoms with E-state index >= 15 is 0 Å². The standard InChI is InChI=1S/C23H33N2O6PS2.C11H16N2O4S.CH4/c1-4-30-32(27,31-5-2)15-19-16-33-23(24-19)25-22(26)21(14-17-8-6-7-9-17)18-10-12-20(13-11-18)34(3,28)29;1-5-16-8(14)7-6-18-9(12-7)13-10(15)17-11(2,3)4;/h10-13,16-17,21H,4-9,14-15H2,1-3H3,(H,24,25,26);6H,5H2,1-4H3,(H,12,13,15);1H4/t21-;;/m1../s1. The topological polar surface area (TPSA) is 189 Å². The first-order valence-electron chi connectivity index (χ1n) is 17.0. The Balaban J connectivity index is 0.000000434. The van der Waals surface area contributed by atoms with Gasteiger partial charge < -0.3 is 23.8 Å². The fourth-order valence-corrected chi connectivity index (χ4v) is 9.03. The highest BCUT2D eigenvalue weighted by atomic mass is 32.2. The lowest BCUT2D eigenvalue weighted by Crippen LogP contribution is -2.27. The summed E-state index contributed by atoms with van der Waals surface area (Å²) in [6, 6.07) is 6.56. The van der Waals surface area contributed by atoms with Crippen LogP contribution in [0.15, 0.2) is 39.9 Å². The minimum absolute atomic E-state index is 0. The fraction of sp³-hybridized carbons (Fsp3) is 0.571. The molecule has 1 atom stereocenters. The van der Waals surface area contributed by atoms with Crippen molar-refractivity contribution in [2.24, 2.45) is 5.92 Å². The highest BCUT2D eigenvalue weighted by molar-refractivity contribution is 7.90. The number of aromatic nitrogens is 2. The second kappa shape index (κ2) is 21.0. The van der Waals surface area contributed by atoms with Gasteiger partial charge in [0.15, 0.2) is 25.8 Å². The van der Waals surface area contributed by atoms with Crippen molar-refractivity contribution < 1.29 is 45.9 Å². The van der Waals surface area contributed by atoms with Crippen LogP contribution in [0.5, 0.6) is 0 Å². The molecule has 2 N–H and O–H groups in total. The number of nitrogens with one attached hydrogen (secondary N) is 2. The molecule has 53 heavy (non-hydrogen) atoms. The van der Waals surface area contributed by atoms with E-state index < -0.39 is 41.0 Å². The van der Waals surface area contributed by atoms with Gasteiger partial charge in [0.25, 0.3) is 0 Å². The smallest absolute Gasteiger partial charge is 0.413 e. The molecule has 1 saturated carbocycles. The number of carbonyl (C=O) groups excluding carboxylic acids is 3. The molecule has 4 rings (SSSR count). The summed E-state index contributed by atoms with van der Waals surface area (Å²) in [5, 5.41) is 9.34. The Labute approximate surface area is 321 Å². The zero-order valence-corrected chi connectivity index (χ0v) is 34.0. The van der Waals surface area contributed by atoms with E-state index in [1.807, 2.05) is 0 Å². The molecule has 1 aliphatic rings. The highest BCUT2D eigenvalue weighted by Gasteiger charge is 2.29. The molecule has 296 valence electrons. The Morgan fingerprint density at radius 1 is 0.925 bits per heavy atom. The number of carbonyl (C=O) groups is 3. The number of nitrogens with zero attached hydrogens (tertiary/aromatic N) is 2. The molecule has 2 heterocycles. The summed E-state index contributed by atoms with van der Waals surface area (Å²) >= 11 is 2.40. The number of ether oxygens (including phenoxy) is 2. The summed E-state index contributed by atoms with van der Waals surface area (Å²) < 4.78 is 57.0. The molecule has 0 saturated heterocycles. The Morgan fingerprint density at radius 3 is 2.06 bits per heavy atom. The van der Waals surface area contributed by atoms with Crippen molar-refractivity contribution >= 4 is 68.3 Å². The number of rotatable bonds is 15. The van der Waals surface area contributed by atoms with Crippen LogP contribution in [-0.4, -0.2) is 68.0 Å². The van der Waals surface area contributed by atoms with E-state index in [1.54, 1.807) is 71.2 Å². The molecular formula is C35H53N4O10PS3. The first-order chi connectivity index (χ1) is 24.4. The molecule has 0 aliphatic heterocycles. The second-order valence-electron chi connectivity index (χ2n) is 12.9. The molecule has 1 aromatic carbocycles. The van der Waals surface area contributed by atoms with Crippen LogP contribution in [0.1, 0.15) is 109 Å². The minimum atomic E-state index is -3.31. The summed E-state index contributed by atoms with van der Waals surface area (Å²) in [6.07, 6.45) is 5.83. The van der Waals surface area contributed by atoms with Gasteiger partial charge in [-0.05, 0) is 71.6 Å². The molecule has 3 aromatic rings. The van der Waals surface area contributed by atoms with Gasteiger partial charge in [-0.1, -0.05) is 45.2 Å². The van der Waals surface area contributed by atoms with Crippen LogP contribution in [0.25, 0.3) is 0 Å². The Morgan fingerprint density at radius 2 is 1.51 bits per heavy atom. The summed E-state index contributed by atoms with van der Waals surface area (Å²) in [5.41, 5.74) is 0.916. The molecule has 1 fully saturated rings. The van der Waals surface area contributed by atoms with E-state index in [0.717, 1.165) is 29.7 Å². The summed E-state index contributed by atoms with van der Waals surface area (Å²) in [5.74, 6) is -0.647. The van der Waals surface area contributed by atoms with Crippen LogP contribution >= 0.6 is 30.3 Å². The number of anilines is 2. The summed E-state index contributed by atoms with van der Waals surface area (Å²) in [4.78, 5) is 44.7. The van der Waals surface area contributed by atoms with E-state index in [0.29, 0.717) is 28.3 Å². The Kier molecular flexibility index (Phi) is 18.2. The molecule has 0 radical (unpaired) electrons. The third-order valence-electron chi connectivity index (χ3n) is 7.46. The zero-order chi connectivity index (χ0) is 38.5. The molecule has 0 spiro atoms. The molecular weight excluding hydrogens is 764 g/mol. The SMILES string of the molecule is C.CCOC(=O)c1csc(NC(=O)OC(C)(C)C)n1.CCOP(=O)(Cc1csc(NC(=O)[C@H](CC2CCCC2)c2ccc(S(C)(=O)=O)cc2)n1)OCC. The number of hydrogen-bond acceptors (Lipinski definition) is 14. The third kappa shape index (κ3) is 15.6. The summed E-state index contributed by atoms with van der Waals surface area (Å²) in [6.45, 7) is 11.3. The van der Waals surface area contributed by atoms with E-state index in [9.17, 15) is 27.4 Å². The van der Waals surface area contributed by atoms with E-state index in [1.165, 1.54) is 35.8 Å². The lowest BCUT2D eigenvalue weighted by molar-refractivity contribution is -0.118. The number of amides is 2. The quantitative estimate of drug-likeness (QED) is 0.110. The number of sulfone groups is 1.